The Morgan fingerprint density at radius 1 is 0.810 bits per heavy atom. The summed E-state index contributed by atoms with van der Waals surface area (Å²) in [6.07, 6.45) is 1.69. The summed E-state index contributed by atoms with van der Waals surface area (Å²) >= 11 is 0. The summed E-state index contributed by atoms with van der Waals surface area (Å²) in [6, 6.07) is 5.81. The molecule has 1 aliphatic rings. The van der Waals surface area contributed by atoms with Crippen molar-refractivity contribution in [3.05, 3.63) is 107 Å². The Morgan fingerprint density at radius 3 is 1.90 bits per heavy atom. The van der Waals surface area contributed by atoms with Crippen LogP contribution in [0.25, 0.3) is 11.1 Å². The van der Waals surface area contributed by atoms with Crippen LogP contribution < -0.4 is 9.47 Å². The molecule has 1 saturated carbocycles. The number of allylic oxidation sites excluding steroid dienone is 2. The second kappa shape index (κ2) is 13.0. The third kappa shape index (κ3) is 7.11. The molecule has 0 atom stereocenters. The van der Waals surface area contributed by atoms with Crippen molar-refractivity contribution in [3.8, 4) is 22.6 Å². The van der Waals surface area contributed by atoms with Gasteiger partial charge in [0.05, 0.1) is 0 Å². The molecule has 0 amide bonds. The zero-order chi connectivity index (χ0) is 30.6. The van der Waals surface area contributed by atoms with Gasteiger partial charge in [0, 0.05) is 12.1 Å². The lowest BCUT2D eigenvalue weighted by Crippen LogP contribution is -2.25. The Morgan fingerprint density at radius 2 is 1.38 bits per heavy atom. The van der Waals surface area contributed by atoms with Crippen LogP contribution in [-0.4, -0.2) is 0 Å². The summed E-state index contributed by atoms with van der Waals surface area (Å²) < 4.78 is 132. The molecule has 3 aromatic carbocycles. The molecular weight excluding hydrogens is 575 g/mol. The maximum atomic E-state index is 14.8. The lowest BCUT2D eigenvalue weighted by molar-refractivity contribution is -0.189. The molecule has 0 unspecified atom stereocenters. The van der Waals surface area contributed by atoms with Crippen LogP contribution in [0.5, 0.6) is 11.5 Å². The van der Waals surface area contributed by atoms with Crippen molar-refractivity contribution in [2.24, 2.45) is 5.92 Å². The SMILES string of the molecule is C/C=C\CC1CCC(c2ccc(-c3cc(F)c(C(F)(F)Oc4cc(F)c(OC(F)=C(F)F)c(F)c4)c(F)c3)cc2)CC1. The van der Waals surface area contributed by atoms with Crippen molar-refractivity contribution in [1.82, 2.24) is 0 Å². The maximum Gasteiger partial charge on any atom is 0.432 e. The van der Waals surface area contributed by atoms with Crippen LogP contribution in [0, 0.1) is 29.2 Å². The van der Waals surface area contributed by atoms with E-state index in [1.165, 1.54) is 0 Å². The van der Waals surface area contributed by atoms with Gasteiger partial charge in [0.25, 0.3) is 0 Å². The lowest BCUT2D eigenvalue weighted by Gasteiger charge is -2.28. The number of rotatable bonds is 9. The van der Waals surface area contributed by atoms with Gasteiger partial charge in [-0.05, 0) is 79.7 Å². The zero-order valence-electron chi connectivity index (χ0n) is 22.2. The van der Waals surface area contributed by atoms with E-state index in [0.29, 0.717) is 29.5 Å². The van der Waals surface area contributed by atoms with Gasteiger partial charge in [0.2, 0.25) is 5.75 Å². The van der Waals surface area contributed by atoms with Gasteiger partial charge in [-0.2, -0.15) is 22.0 Å². The van der Waals surface area contributed by atoms with E-state index in [4.69, 9.17) is 0 Å². The summed E-state index contributed by atoms with van der Waals surface area (Å²) in [5, 5.41) is 0. The minimum absolute atomic E-state index is 0.0278. The molecule has 0 N–H and O–H groups in total. The molecule has 0 spiro atoms. The average Bonchev–Trinajstić information content (AvgIpc) is 2.93. The molecular formula is C31H25F9O2. The molecule has 1 aliphatic carbocycles. The fourth-order valence-corrected chi connectivity index (χ4v) is 5.05. The van der Waals surface area contributed by atoms with Crippen LogP contribution >= 0.6 is 0 Å². The number of ether oxygens (including phenoxy) is 2. The van der Waals surface area contributed by atoms with Crippen LogP contribution in [0.2, 0.25) is 0 Å². The molecule has 0 heterocycles. The van der Waals surface area contributed by atoms with Crippen molar-refractivity contribution >= 4 is 0 Å². The van der Waals surface area contributed by atoms with Crippen LogP contribution in [0.1, 0.15) is 56.1 Å². The molecule has 0 aliphatic heterocycles. The average molecular weight is 601 g/mol. The van der Waals surface area contributed by atoms with Gasteiger partial charge in [-0.3, -0.25) is 0 Å². The maximum absolute atomic E-state index is 14.8. The van der Waals surface area contributed by atoms with Gasteiger partial charge >= 0.3 is 18.2 Å². The fourth-order valence-electron chi connectivity index (χ4n) is 5.05. The highest BCUT2D eigenvalue weighted by Crippen LogP contribution is 2.40. The van der Waals surface area contributed by atoms with E-state index in [0.717, 1.165) is 37.7 Å². The molecule has 0 aromatic heterocycles. The number of hydrogen-bond donors (Lipinski definition) is 0. The van der Waals surface area contributed by atoms with Crippen molar-refractivity contribution in [1.29, 1.82) is 0 Å². The van der Waals surface area contributed by atoms with Gasteiger partial charge in [-0.15, -0.1) is 0 Å². The molecule has 42 heavy (non-hydrogen) atoms. The Hall–Kier alpha value is -3.89. The summed E-state index contributed by atoms with van der Waals surface area (Å²) in [6.45, 7) is 1.99. The largest absolute Gasteiger partial charge is 0.432 e. The monoisotopic (exact) mass is 600 g/mol. The van der Waals surface area contributed by atoms with Crippen molar-refractivity contribution in [2.45, 2.75) is 51.1 Å². The molecule has 11 heteroatoms. The van der Waals surface area contributed by atoms with E-state index in [1.54, 1.807) is 12.1 Å². The van der Waals surface area contributed by atoms with Gasteiger partial charge < -0.3 is 9.47 Å². The number of benzene rings is 3. The first-order valence-corrected chi connectivity index (χ1v) is 13.0. The smallest absolute Gasteiger partial charge is 0.429 e. The fraction of sp³-hybridized carbons (Fsp3) is 0.290. The molecule has 2 nitrogen and oxygen atoms in total. The van der Waals surface area contributed by atoms with E-state index < -0.39 is 58.5 Å². The Kier molecular flexibility index (Phi) is 9.58. The third-order valence-electron chi connectivity index (χ3n) is 7.16. The van der Waals surface area contributed by atoms with Crippen molar-refractivity contribution in [3.63, 3.8) is 0 Å². The van der Waals surface area contributed by atoms with E-state index in [9.17, 15) is 39.5 Å². The van der Waals surface area contributed by atoms with Crippen molar-refractivity contribution in [2.75, 3.05) is 0 Å². The third-order valence-corrected chi connectivity index (χ3v) is 7.16. The van der Waals surface area contributed by atoms with Gasteiger partial charge in [0.15, 0.2) is 11.6 Å². The van der Waals surface area contributed by atoms with Crippen LogP contribution in [0.3, 0.4) is 0 Å². The van der Waals surface area contributed by atoms with E-state index in [1.807, 2.05) is 25.1 Å². The molecule has 224 valence electrons. The normalized spacial score (nSPS) is 17.4. The van der Waals surface area contributed by atoms with Gasteiger partial charge in [0.1, 0.15) is 22.9 Å². The minimum atomic E-state index is -4.76. The van der Waals surface area contributed by atoms with Crippen molar-refractivity contribution < 1.29 is 49.0 Å². The Bertz CT molecular complexity index is 1420. The van der Waals surface area contributed by atoms with Crippen LogP contribution in [0.15, 0.2) is 72.8 Å². The quantitative estimate of drug-likeness (QED) is 0.138. The molecule has 4 rings (SSSR count). The highest BCUT2D eigenvalue weighted by Gasteiger charge is 2.41. The Labute approximate surface area is 236 Å². The summed E-state index contributed by atoms with van der Waals surface area (Å²) in [5.74, 6) is -9.10. The number of hydrogen-bond acceptors (Lipinski definition) is 2. The first-order valence-electron chi connectivity index (χ1n) is 13.0. The molecule has 3 aromatic rings. The van der Waals surface area contributed by atoms with Crippen LogP contribution in [-0.2, 0) is 6.11 Å². The number of halogens is 9. The Balaban J connectivity index is 1.50. The molecule has 0 radical (unpaired) electrons. The zero-order valence-corrected chi connectivity index (χ0v) is 22.2. The second-order valence-corrected chi connectivity index (χ2v) is 9.93. The highest BCUT2D eigenvalue weighted by molar-refractivity contribution is 5.64. The molecule has 0 saturated heterocycles. The predicted octanol–water partition coefficient (Wildman–Crippen LogP) is 10.7. The molecule has 1 fully saturated rings. The van der Waals surface area contributed by atoms with Gasteiger partial charge in [-0.1, -0.05) is 36.4 Å². The van der Waals surface area contributed by atoms with E-state index >= 15 is 0 Å². The second-order valence-electron chi connectivity index (χ2n) is 9.93. The van der Waals surface area contributed by atoms with E-state index in [2.05, 4.69) is 15.5 Å². The lowest BCUT2D eigenvalue weighted by atomic mass is 9.77. The highest BCUT2D eigenvalue weighted by atomic mass is 19.3. The number of alkyl halides is 2. The first kappa shape index (κ1) is 31.1. The molecule has 0 bridgehead atoms. The topological polar surface area (TPSA) is 18.5 Å². The summed E-state index contributed by atoms with van der Waals surface area (Å²) in [7, 11) is 0. The summed E-state index contributed by atoms with van der Waals surface area (Å²) in [5.41, 5.74) is -0.405. The van der Waals surface area contributed by atoms with E-state index in [-0.39, 0.29) is 17.7 Å². The first-order chi connectivity index (χ1) is 19.9. The van der Waals surface area contributed by atoms with Crippen LogP contribution in [0.4, 0.5) is 39.5 Å². The predicted molar refractivity (Wildman–Crippen MR) is 138 cm³/mol. The standard InChI is InChI=1S/C31H25F9O2/c1-2-3-4-17-5-7-18(8-6-17)19-9-11-20(12-10-19)21-13-23(32)27(24(33)14-21)31(39,40)42-22-15-25(34)28(26(35)16-22)41-30(38)29(36)37/h2-3,9-18H,4-8H2,1H3/b3-2-. The minimum Gasteiger partial charge on any atom is -0.429 e. The van der Waals surface area contributed by atoms with Gasteiger partial charge in [-0.25, -0.2) is 17.6 Å². The summed E-state index contributed by atoms with van der Waals surface area (Å²) in [4.78, 5) is 0.